The van der Waals surface area contributed by atoms with Gasteiger partial charge in [0.1, 0.15) is 5.69 Å². The lowest BCUT2D eigenvalue weighted by Gasteiger charge is -2.39. The molecular weight excluding hydrogens is 449 g/mol. The van der Waals surface area contributed by atoms with E-state index in [2.05, 4.69) is 5.10 Å². The van der Waals surface area contributed by atoms with Gasteiger partial charge in [0.25, 0.3) is 5.91 Å². The van der Waals surface area contributed by atoms with Crippen LogP contribution in [0.4, 0.5) is 13.2 Å². The van der Waals surface area contributed by atoms with Crippen LogP contribution in [0, 0.1) is 5.92 Å². The van der Waals surface area contributed by atoms with E-state index in [0.717, 1.165) is 18.9 Å². The first-order valence-corrected chi connectivity index (χ1v) is 11.1. The lowest BCUT2D eigenvalue weighted by atomic mass is 9.81. The Labute approximate surface area is 186 Å². The van der Waals surface area contributed by atoms with E-state index in [1.54, 1.807) is 11.0 Å². The monoisotopic (exact) mass is 470 g/mol. The summed E-state index contributed by atoms with van der Waals surface area (Å²) >= 11 is 6.36. The SMILES string of the molecule is O=C(c1nn2c(C(F)(F)F)cc(C3CC3)cc2c1Cl)N1CCN(C(=O)C2CC(O)C2)CC1. The van der Waals surface area contributed by atoms with E-state index in [1.807, 2.05) is 0 Å². The van der Waals surface area contributed by atoms with E-state index in [0.29, 0.717) is 36.0 Å². The van der Waals surface area contributed by atoms with Crippen LogP contribution in [0.5, 0.6) is 0 Å². The Morgan fingerprint density at radius 1 is 1.06 bits per heavy atom. The van der Waals surface area contributed by atoms with Gasteiger partial charge >= 0.3 is 6.18 Å². The number of nitrogens with zero attached hydrogens (tertiary/aromatic N) is 4. The highest BCUT2D eigenvalue weighted by Crippen LogP contribution is 2.43. The van der Waals surface area contributed by atoms with Gasteiger partial charge in [-0.25, -0.2) is 4.52 Å². The third-order valence-electron chi connectivity index (χ3n) is 6.58. The van der Waals surface area contributed by atoms with Crippen molar-refractivity contribution in [1.82, 2.24) is 19.4 Å². The first-order chi connectivity index (χ1) is 15.1. The van der Waals surface area contributed by atoms with Gasteiger partial charge in [0.2, 0.25) is 5.91 Å². The van der Waals surface area contributed by atoms with E-state index in [9.17, 15) is 27.9 Å². The van der Waals surface area contributed by atoms with Gasteiger partial charge < -0.3 is 14.9 Å². The number of pyridine rings is 1. The number of aromatic nitrogens is 2. The second-order valence-corrected chi connectivity index (χ2v) is 9.22. The minimum atomic E-state index is -4.64. The van der Waals surface area contributed by atoms with Crippen molar-refractivity contribution in [2.24, 2.45) is 5.92 Å². The maximum atomic E-state index is 13.7. The van der Waals surface area contributed by atoms with Crippen LogP contribution >= 0.6 is 11.6 Å². The fourth-order valence-corrected chi connectivity index (χ4v) is 4.71. The predicted octanol–water partition coefficient (Wildman–Crippen LogP) is 2.94. The summed E-state index contributed by atoms with van der Waals surface area (Å²) < 4.78 is 41.7. The number of carbonyl (C=O) groups excluding carboxylic acids is 2. The second-order valence-electron chi connectivity index (χ2n) is 8.85. The third-order valence-corrected chi connectivity index (χ3v) is 6.95. The number of rotatable bonds is 3. The molecule has 0 spiro atoms. The molecule has 7 nitrogen and oxygen atoms in total. The number of carbonyl (C=O) groups is 2. The van der Waals surface area contributed by atoms with Crippen molar-refractivity contribution in [3.8, 4) is 0 Å². The average molecular weight is 471 g/mol. The number of halogens is 4. The maximum absolute atomic E-state index is 13.7. The molecule has 2 amide bonds. The van der Waals surface area contributed by atoms with E-state index in [1.165, 1.54) is 4.90 Å². The highest BCUT2D eigenvalue weighted by atomic mass is 35.5. The van der Waals surface area contributed by atoms with E-state index < -0.39 is 23.9 Å². The molecule has 1 saturated heterocycles. The molecule has 1 aliphatic heterocycles. The fraction of sp³-hybridized carbons (Fsp3) is 0.571. The topological polar surface area (TPSA) is 78.2 Å². The fourth-order valence-electron chi connectivity index (χ4n) is 4.46. The number of piperazine rings is 1. The minimum Gasteiger partial charge on any atom is -0.393 e. The van der Waals surface area contributed by atoms with Crippen LogP contribution in [-0.2, 0) is 11.0 Å². The normalized spacial score (nSPS) is 24.0. The molecule has 2 aliphatic carbocycles. The number of alkyl halides is 3. The first-order valence-electron chi connectivity index (χ1n) is 10.7. The van der Waals surface area contributed by atoms with Crippen molar-refractivity contribution in [3.05, 3.63) is 34.1 Å². The zero-order valence-electron chi connectivity index (χ0n) is 17.1. The molecule has 5 rings (SSSR count). The lowest BCUT2D eigenvalue weighted by molar-refractivity contribution is -0.144. The van der Waals surface area contributed by atoms with Crippen LogP contribution in [0.25, 0.3) is 5.52 Å². The Morgan fingerprint density at radius 2 is 1.69 bits per heavy atom. The Bertz CT molecular complexity index is 1080. The Kier molecular flexibility index (Phi) is 5.12. The van der Waals surface area contributed by atoms with Crippen LogP contribution in [-0.4, -0.2) is 68.6 Å². The highest BCUT2D eigenvalue weighted by molar-refractivity contribution is 6.36. The quantitative estimate of drug-likeness (QED) is 0.748. The van der Waals surface area contributed by atoms with Crippen molar-refractivity contribution in [2.75, 3.05) is 26.2 Å². The summed E-state index contributed by atoms with van der Waals surface area (Å²) in [4.78, 5) is 28.6. The Hall–Kier alpha value is -2.33. The van der Waals surface area contributed by atoms with Gasteiger partial charge in [-0.05, 0) is 49.3 Å². The minimum absolute atomic E-state index is 0.0319. The molecule has 0 aromatic carbocycles. The molecule has 0 atom stereocenters. The largest absolute Gasteiger partial charge is 0.433 e. The van der Waals surface area contributed by atoms with Gasteiger partial charge in [-0.1, -0.05) is 11.6 Å². The van der Waals surface area contributed by atoms with E-state index >= 15 is 0 Å². The van der Waals surface area contributed by atoms with Gasteiger partial charge in [-0.2, -0.15) is 18.3 Å². The zero-order valence-corrected chi connectivity index (χ0v) is 17.9. The standard InChI is InChI=1S/C21H22ClF3N4O3/c22-17-15-9-12(11-1-2-11)10-16(21(23,24)25)29(15)26-18(17)20(32)28-5-3-27(4-6-28)19(31)13-7-14(30)8-13/h9-11,13-14,30H,1-8H2. The van der Waals surface area contributed by atoms with Gasteiger partial charge in [0, 0.05) is 32.1 Å². The molecule has 32 heavy (non-hydrogen) atoms. The molecule has 2 saturated carbocycles. The summed E-state index contributed by atoms with van der Waals surface area (Å²) in [5.41, 5.74) is -0.536. The van der Waals surface area contributed by atoms with Crippen molar-refractivity contribution in [3.63, 3.8) is 0 Å². The lowest BCUT2D eigenvalue weighted by Crippen LogP contribution is -2.53. The Balaban J connectivity index is 1.37. The van der Waals surface area contributed by atoms with Crippen LogP contribution in [0.2, 0.25) is 5.02 Å². The summed E-state index contributed by atoms with van der Waals surface area (Å²) in [7, 11) is 0. The van der Waals surface area contributed by atoms with E-state index in [-0.39, 0.29) is 47.1 Å². The van der Waals surface area contributed by atoms with Crippen molar-refractivity contribution < 1.29 is 27.9 Å². The van der Waals surface area contributed by atoms with Gasteiger partial charge in [-0.3, -0.25) is 9.59 Å². The molecule has 3 heterocycles. The van der Waals surface area contributed by atoms with Crippen LogP contribution in [0.15, 0.2) is 12.1 Å². The zero-order chi connectivity index (χ0) is 22.8. The summed E-state index contributed by atoms with van der Waals surface area (Å²) in [6, 6.07) is 2.67. The summed E-state index contributed by atoms with van der Waals surface area (Å²) in [6.45, 7) is 1.12. The average Bonchev–Trinajstić information content (AvgIpc) is 3.53. The molecule has 0 bridgehead atoms. The van der Waals surface area contributed by atoms with Crippen LogP contribution in [0.3, 0.4) is 0 Å². The van der Waals surface area contributed by atoms with Crippen LogP contribution in [0.1, 0.15) is 53.3 Å². The van der Waals surface area contributed by atoms with Crippen molar-refractivity contribution in [2.45, 2.75) is 43.9 Å². The smallest absolute Gasteiger partial charge is 0.393 e. The van der Waals surface area contributed by atoms with E-state index in [4.69, 9.17) is 11.6 Å². The molecule has 11 heteroatoms. The van der Waals surface area contributed by atoms with Crippen molar-refractivity contribution in [1.29, 1.82) is 0 Å². The Morgan fingerprint density at radius 3 is 2.25 bits per heavy atom. The highest BCUT2D eigenvalue weighted by Gasteiger charge is 2.39. The maximum Gasteiger partial charge on any atom is 0.433 e. The number of aliphatic hydroxyl groups is 1. The number of aliphatic hydroxyl groups excluding tert-OH is 1. The molecule has 3 aliphatic rings. The molecule has 2 aromatic rings. The predicted molar refractivity (Wildman–Crippen MR) is 108 cm³/mol. The molecule has 0 unspecified atom stereocenters. The summed E-state index contributed by atoms with van der Waals surface area (Å²) in [5, 5.41) is 13.3. The van der Waals surface area contributed by atoms with Gasteiger partial charge in [0.15, 0.2) is 5.69 Å². The van der Waals surface area contributed by atoms with Crippen LogP contribution < -0.4 is 0 Å². The number of hydrogen-bond donors (Lipinski definition) is 1. The molecule has 3 fully saturated rings. The molecule has 0 radical (unpaired) electrons. The number of hydrogen-bond acceptors (Lipinski definition) is 4. The summed E-state index contributed by atoms with van der Waals surface area (Å²) in [5.74, 6) is -0.684. The van der Waals surface area contributed by atoms with Gasteiger partial charge in [0.05, 0.1) is 16.6 Å². The summed E-state index contributed by atoms with van der Waals surface area (Å²) in [6.07, 6.45) is -2.49. The number of amides is 2. The molecule has 2 aromatic heterocycles. The molecule has 172 valence electrons. The third kappa shape index (κ3) is 3.73. The second kappa shape index (κ2) is 7.62. The van der Waals surface area contributed by atoms with Crippen molar-refractivity contribution >= 4 is 28.9 Å². The molecular formula is C21H22ClF3N4O3. The first kappa shape index (κ1) is 21.5. The molecule has 1 N–H and O–H groups in total. The number of fused-ring (bicyclic) bond motifs is 1. The van der Waals surface area contributed by atoms with Gasteiger partial charge in [-0.15, -0.1) is 0 Å².